The minimum absolute atomic E-state index is 0.0613. The van der Waals surface area contributed by atoms with Crippen LogP contribution in [0.4, 0.5) is 5.88 Å². The van der Waals surface area contributed by atoms with Crippen molar-refractivity contribution in [2.45, 2.75) is 19.8 Å². The van der Waals surface area contributed by atoms with Crippen LogP contribution in [0.1, 0.15) is 35.3 Å². The molecular weight excluding hydrogens is 280 g/mol. The Balaban J connectivity index is 1.91. The highest BCUT2D eigenvalue weighted by molar-refractivity contribution is 5.91. The third kappa shape index (κ3) is 3.20. The monoisotopic (exact) mass is 300 g/mol. The summed E-state index contributed by atoms with van der Waals surface area (Å²) in [6.07, 6.45) is 1.06. The standard InChI is InChI=1S/C17H20N2O3/c1-2-15(20)16-18-14(12-13-6-4-3-5-7-13)17(22-16)19-8-10-21-11-9-19/h3-7H,2,8-12H2,1H3. The Kier molecular flexibility index (Phi) is 4.53. The molecule has 0 saturated carbocycles. The van der Waals surface area contributed by atoms with Gasteiger partial charge in [0.2, 0.25) is 11.7 Å². The van der Waals surface area contributed by atoms with Crippen molar-refractivity contribution >= 4 is 11.7 Å². The Morgan fingerprint density at radius 3 is 2.64 bits per heavy atom. The number of carbonyl (C=O) groups excluding carboxylic acids is 1. The number of nitrogens with zero attached hydrogens (tertiary/aromatic N) is 2. The van der Waals surface area contributed by atoms with Gasteiger partial charge in [0, 0.05) is 25.9 Å². The lowest BCUT2D eigenvalue weighted by Gasteiger charge is -2.26. The van der Waals surface area contributed by atoms with Crippen molar-refractivity contribution in [1.29, 1.82) is 0 Å². The fraction of sp³-hybridized carbons (Fsp3) is 0.412. The van der Waals surface area contributed by atoms with Crippen LogP contribution in [0, 0.1) is 0 Å². The van der Waals surface area contributed by atoms with E-state index in [0.717, 1.165) is 24.3 Å². The van der Waals surface area contributed by atoms with Crippen molar-refractivity contribution in [2.24, 2.45) is 0 Å². The zero-order valence-corrected chi connectivity index (χ0v) is 12.7. The van der Waals surface area contributed by atoms with E-state index < -0.39 is 0 Å². The summed E-state index contributed by atoms with van der Waals surface area (Å²) in [6, 6.07) is 10.1. The summed E-state index contributed by atoms with van der Waals surface area (Å²) in [4.78, 5) is 18.5. The quantitative estimate of drug-likeness (QED) is 0.795. The molecule has 2 aromatic rings. The van der Waals surface area contributed by atoms with Crippen LogP contribution >= 0.6 is 0 Å². The minimum Gasteiger partial charge on any atom is -0.417 e. The molecule has 116 valence electrons. The number of carbonyl (C=O) groups is 1. The van der Waals surface area contributed by atoms with Gasteiger partial charge in [-0.05, 0) is 5.56 Å². The zero-order chi connectivity index (χ0) is 15.4. The first kappa shape index (κ1) is 14.8. The number of benzene rings is 1. The number of morpholine rings is 1. The summed E-state index contributed by atoms with van der Waals surface area (Å²) in [5.41, 5.74) is 1.98. The molecule has 22 heavy (non-hydrogen) atoms. The van der Waals surface area contributed by atoms with Gasteiger partial charge < -0.3 is 14.1 Å². The summed E-state index contributed by atoms with van der Waals surface area (Å²) in [7, 11) is 0. The fourth-order valence-corrected chi connectivity index (χ4v) is 2.53. The molecule has 0 bridgehead atoms. The lowest BCUT2D eigenvalue weighted by Crippen LogP contribution is -2.36. The molecule has 0 atom stereocenters. The molecule has 1 aliphatic rings. The average Bonchev–Trinajstić information content (AvgIpc) is 3.00. The maximum absolute atomic E-state index is 11.9. The largest absolute Gasteiger partial charge is 0.417 e. The van der Waals surface area contributed by atoms with Crippen molar-refractivity contribution < 1.29 is 13.9 Å². The molecule has 0 unspecified atom stereocenters. The number of ketones is 1. The van der Waals surface area contributed by atoms with Gasteiger partial charge in [-0.15, -0.1) is 0 Å². The highest BCUT2D eigenvalue weighted by atomic mass is 16.5. The molecule has 2 heterocycles. The summed E-state index contributed by atoms with van der Waals surface area (Å²) in [5.74, 6) is 0.868. The highest BCUT2D eigenvalue weighted by Gasteiger charge is 2.23. The van der Waals surface area contributed by atoms with Gasteiger partial charge in [-0.25, -0.2) is 4.98 Å². The van der Waals surface area contributed by atoms with Crippen molar-refractivity contribution in [3.8, 4) is 0 Å². The zero-order valence-electron chi connectivity index (χ0n) is 12.7. The van der Waals surface area contributed by atoms with E-state index in [-0.39, 0.29) is 11.7 Å². The van der Waals surface area contributed by atoms with Gasteiger partial charge in [0.05, 0.1) is 13.2 Å². The van der Waals surface area contributed by atoms with E-state index in [1.807, 2.05) is 25.1 Å². The van der Waals surface area contributed by atoms with Gasteiger partial charge in [-0.1, -0.05) is 37.3 Å². The third-order valence-electron chi connectivity index (χ3n) is 3.75. The number of anilines is 1. The first-order valence-corrected chi connectivity index (χ1v) is 7.67. The van der Waals surface area contributed by atoms with Crippen LogP contribution in [-0.4, -0.2) is 37.1 Å². The normalized spacial score (nSPS) is 15.0. The number of hydrogen-bond acceptors (Lipinski definition) is 5. The van der Waals surface area contributed by atoms with Crippen molar-refractivity contribution in [3.05, 3.63) is 47.5 Å². The number of hydrogen-bond donors (Lipinski definition) is 0. The van der Waals surface area contributed by atoms with Crippen molar-refractivity contribution in [3.63, 3.8) is 0 Å². The maximum Gasteiger partial charge on any atom is 0.265 e. The Hall–Kier alpha value is -2.14. The Bertz CT molecular complexity index is 631. The van der Waals surface area contributed by atoms with Gasteiger partial charge in [-0.3, -0.25) is 4.79 Å². The fourth-order valence-electron chi connectivity index (χ4n) is 2.53. The number of oxazole rings is 1. The van der Waals surface area contributed by atoms with Gasteiger partial charge in [0.25, 0.3) is 5.89 Å². The molecule has 1 saturated heterocycles. The van der Waals surface area contributed by atoms with Gasteiger partial charge in [0.1, 0.15) is 5.69 Å². The van der Waals surface area contributed by atoms with E-state index in [2.05, 4.69) is 22.0 Å². The Morgan fingerprint density at radius 1 is 1.23 bits per heavy atom. The Labute approximate surface area is 129 Å². The smallest absolute Gasteiger partial charge is 0.265 e. The van der Waals surface area contributed by atoms with Gasteiger partial charge >= 0.3 is 0 Å². The number of Topliss-reactive ketones (excluding diaryl/α,β-unsaturated/α-hetero) is 1. The molecule has 3 rings (SSSR count). The topological polar surface area (TPSA) is 55.6 Å². The summed E-state index contributed by atoms with van der Waals surface area (Å²) < 4.78 is 11.2. The van der Waals surface area contributed by atoms with E-state index in [0.29, 0.717) is 31.9 Å². The predicted molar refractivity (Wildman–Crippen MR) is 83.4 cm³/mol. The summed E-state index contributed by atoms with van der Waals surface area (Å²) >= 11 is 0. The number of ether oxygens (including phenoxy) is 1. The molecule has 0 aliphatic carbocycles. The molecule has 1 aromatic heterocycles. The van der Waals surface area contributed by atoms with Crippen LogP contribution in [0.3, 0.4) is 0 Å². The Morgan fingerprint density at radius 2 is 1.95 bits per heavy atom. The van der Waals surface area contributed by atoms with E-state index in [4.69, 9.17) is 9.15 Å². The molecule has 0 N–H and O–H groups in total. The lowest BCUT2D eigenvalue weighted by molar-refractivity contribution is 0.0953. The molecule has 1 fully saturated rings. The molecular formula is C17H20N2O3. The minimum atomic E-state index is -0.0613. The second kappa shape index (κ2) is 6.75. The van der Waals surface area contributed by atoms with E-state index in [1.54, 1.807) is 0 Å². The molecule has 1 aliphatic heterocycles. The van der Waals surface area contributed by atoms with E-state index >= 15 is 0 Å². The number of aromatic nitrogens is 1. The summed E-state index contributed by atoms with van der Waals surface area (Å²) in [5, 5.41) is 0. The van der Waals surface area contributed by atoms with Gasteiger partial charge in [-0.2, -0.15) is 0 Å². The molecule has 1 aromatic carbocycles. The maximum atomic E-state index is 11.9. The predicted octanol–water partition coefficient (Wildman–Crippen LogP) is 2.69. The van der Waals surface area contributed by atoms with E-state index in [9.17, 15) is 4.79 Å². The van der Waals surface area contributed by atoms with Crippen LogP contribution in [0.5, 0.6) is 0 Å². The van der Waals surface area contributed by atoms with Crippen LogP contribution in [-0.2, 0) is 11.2 Å². The van der Waals surface area contributed by atoms with Crippen LogP contribution < -0.4 is 4.90 Å². The summed E-state index contributed by atoms with van der Waals surface area (Å²) in [6.45, 7) is 4.68. The third-order valence-corrected chi connectivity index (χ3v) is 3.75. The van der Waals surface area contributed by atoms with Crippen molar-refractivity contribution in [2.75, 3.05) is 31.2 Å². The molecule has 0 spiro atoms. The highest BCUT2D eigenvalue weighted by Crippen LogP contribution is 2.26. The SMILES string of the molecule is CCC(=O)c1nc(Cc2ccccc2)c(N2CCOCC2)o1. The molecule has 5 heteroatoms. The van der Waals surface area contributed by atoms with Crippen molar-refractivity contribution in [1.82, 2.24) is 4.98 Å². The van der Waals surface area contributed by atoms with Crippen LogP contribution in [0.15, 0.2) is 34.7 Å². The van der Waals surface area contributed by atoms with Gasteiger partial charge in [0.15, 0.2) is 0 Å². The molecule has 5 nitrogen and oxygen atoms in total. The second-order valence-corrected chi connectivity index (χ2v) is 5.31. The van der Waals surface area contributed by atoms with Crippen LogP contribution in [0.25, 0.3) is 0 Å². The molecule has 0 radical (unpaired) electrons. The van der Waals surface area contributed by atoms with E-state index in [1.165, 1.54) is 0 Å². The average molecular weight is 300 g/mol. The lowest BCUT2D eigenvalue weighted by atomic mass is 10.1. The number of rotatable bonds is 5. The molecule has 0 amide bonds. The second-order valence-electron chi connectivity index (χ2n) is 5.31. The van der Waals surface area contributed by atoms with Crippen LogP contribution in [0.2, 0.25) is 0 Å². The first-order chi connectivity index (χ1) is 10.8. The first-order valence-electron chi connectivity index (χ1n) is 7.67.